The van der Waals surface area contributed by atoms with Crippen molar-refractivity contribution < 1.29 is 22.1 Å². The molecular weight excluding hydrogens is 454 g/mol. The Kier molecular flexibility index (Phi) is 10.2. The van der Waals surface area contributed by atoms with Gasteiger partial charge in [0.05, 0.1) is 18.4 Å². The second-order valence-electron chi connectivity index (χ2n) is 8.12. The zero-order chi connectivity index (χ0) is 25.3. The molecule has 2 aromatic rings. The molecule has 0 unspecified atom stereocenters. The molecule has 0 aromatic heterocycles. The van der Waals surface area contributed by atoms with E-state index in [0.717, 1.165) is 18.8 Å². The Labute approximate surface area is 204 Å². The van der Waals surface area contributed by atoms with E-state index in [1.165, 1.54) is 14.0 Å². The van der Waals surface area contributed by atoms with Crippen molar-refractivity contribution in [3.05, 3.63) is 53.6 Å². The summed E-state index contributed by atoms with van der Waals surface area (Å²) in [5.74, 6) is 0.390. The predicted molar refractivity (Wildman–Crippen MR) is 136 cm³/mol. The molecule has 2 rings (SSSR count). The first-order valence-corrected chi connectivity index (χ1v) is 13.1. The lowest BCUT2D eigenvalue weighted by Crippen LogP contribution is -2.36. The number of ether oxygens (including phenoxy) is 1. The van der Waals surface area contributed by atoms with Crippen LogP contribution in [0.1, 0.15) is 36.7 Å². The second kappa shape index (κ2) is 12.6. The molecule has 2 aromatic carbocycles. The van der Waals surface area contributed by atoms with Gasteiger partial charge in [0.1, 0.15) is 11.5 Å². The third-order valence-electron chi connectivity index (χ3n) is 5.55. The van der Waals surface area contributed by atoms with Crippen LogP contribution in [0.5, 0.6) is 11.5 Å². The van der Waals surface area contributed by atoms with Crippen LogP contribution in [-0.2, 0) is 16.7 Å². The van der Waals surface area contributed by atoms with E-state index in [1.54, 1.807) is 29.2 Å². The molecule has 0 bridgehead atoms. The highest BCUT2D eigenvalue weighted by molar-refractivity contribution is 7.87. The number of hydrogen-bond acceptors (Lipinski definition) is 7. The molecule has 0 spiro atoms. The van der Waals surface area contributed by atoms with Gasteiger partial charge in [-0.05, 0) is 53.1 Å². The normalized spacial score (nSPS) is 11.4. The van der Waals surface area contributed by atoms with Gasteiger partial charge in [-0.15, -0.1) is 0 Å². The van der Waals surface area contributed by atoms with Crippen molar-refractivity contribution in [2.45, 2.75) is 27.3 Å². The van der Waals surface area contributed by atoms with Crippen molar-refractivity contribution in [3.8, 4) is 11.5 Å². The summed E-state index contributed by atoms with van der Waals surface area (Å²) in [6.07, 6.45) is 0. The van der Waals surface area contributed by atoms with Gasteiger partial charge < -0.3 is 23.6 Å². The standard InChI is InChI=1S/C25H37N3O5S/c1-7-27(8-2)21-15-14-20(24(18-21)33-34(30,31)9-3)19-28(17-16-26(4)5)25(29)22-12-10-11-13-23(22)32-6/h10-15,18H,7-9,16-17,19H2,1-6H3. The van der Waals surface area contributed by atoms with E-state index in [2.05, 4.69) is 4.90 Å². The topological polar surface area (TPSA) is 79.4 Å². The van der Waals surface area contributed by atoms with Crippen LogP contribution in [0, 0.1) is 0 Å². The van der Waals surface area contributed by atoms with Gasteiger partial charge >= 0.3 is 10.1 Å². The Bertz CT molecular complexity index is 1050. The minimum absolute atomic E-state index is 0.146. The number of benzene rings is 2. The Morgan fingerprint density at radius 2 is 1.62 bits per heavy atom. The lowest BCUT2D eigenvalue weighted by molar-refractivity contribution is 0.0728. The molecule has 1 amide bonds. The van der Waals surface area contributed by atoms with Crippen molar-refractivity contribution in [1.29, 1.82) is 0 Å². The van der Waals surface area contributed by atoms with Crippen LogP contribution in [0.15, 0.2) is 42.5 Å². The number of likely N-dealkylation sites (N-methyl/N-ethyl adjacent to an activating group) is 1. The van der Waals surface area contributed by atoms with Crippen molar-refractivity contribution in [2.24, 2.45) is 0 Å². The Hall–Kier alpha value is -2.78. The van der Waals surface area contributed by atoms with Crippen molar-refractivity contribution in [3.63, 3.8) is 0 Å². The number of nitrogens with zero attached hydrogens (tertiary/aromatic N) is 3. The highest BCUT2D eigenvalue weighted by Gasteiger charge is 2.23. The maximum absolute atomic E-state index is 13.5. The minimum Gasteiger partial charge on any atom is -0.496 e. The zero-order valence-corrected chi connectivity index (χ0v) is 21.9. The molecule has 0 atom stereocenters. The Morgan fingerprint density at radius 3 is 2.21 bits per heavy atom. The average molecular weight is 492 g/mol. The van der Waals surface area contributed by atoms with Crippen LogP contribution in [0.3, 0.4) is 0 Å². The van der Waals surface area contributed by atoms with Gasteiger partial charge in [-0.3, -0.25) is 4.79 Å². The van der Waals surface area contributed by atoms with E-state index in [0.29, 0.717) is 30.0 Å². The molecule has 0 N–H and O–H groups in total. The predicted octanol–water partition coefficient (Wildman–Crippen LogP) is 3.47. The third-order valence-corrected chi connectivity index (χ3v) is 6.69. The number of methoxy groups -OCH3 is 1. The monoisotopic (exact) mass is 491 g/mol. The van der Waals surface area contributed by atoms with Crippen LogP contribution >= 0.6 is 0 Å². The number of carbonyl (C=O) groups excluding carboxylic acids is 1. The summed E-state index contributed by atoms with van der Waals surface area (Å²) in [6, 6.07) is 12.6. The molecule has 0 heterocycles. The molecule has 8 nitrogen and oxygen atoms in total. The number of hydrogen-bond donors (Lipinski definition) is 0. The molecule has 0 saturated heterocycles. The lowest BCUT2D eigenvalue weighted by atomic mass is 10.1. The van der Waals surface area contributed by atoms with Crippen LogP contribution < -0.4 is 13.8 Å². The Morgan fingerprint density at radius 1 is 0.941 bits per heavy atom. The van der Waals surface area contributed by atoms with Gasteiger partial charge in [-0.2, -0.15) is 8.42 Å². The second-order valence-corrected chi connectivity index (χ2v) is 9.98. The molecule has 0 aliphatic rings. The maximum Gasteiger partial charge on any atom is 0.308 e. The van der Waals surface area contributed by atoms with Crippen LogP contribution in [0.2, 0.25) is 0 Å². The first-order chi connectivity index (χ1) is 16.1. The van der Waals surface area contributed by atoms with Crippen molar-refractivity contribution >= 4 is 21.7 Å². The largest absolute Gasteiger partial charge is 0.496 e. The first-order valence-electron chi connectivity index (χ1n) is 11.5. The molecule has 0 aliphatic heterocycles. The molecule has 188 valence electrons. The fraction of sp³-hybridized carbons (Fsp3) is 0.480. The summed E-state index contributed by atoms with van der Waals surface area (Å²) in [5.41, 5.74) is 1.94. The summed E-state index contributed by atoms with van der Waals surface area (Å²) in [5, 5.41) is 0. The molecule has 0 fully saturated rings. The summed E-state index contributed by atoms with van der Waals surface area (Å²) in [4.78, 5) is 19.3. The van der Waals surface area contributed by atoms with E-state index in [4.69, 9.17) is 8.92 Å². The number of para-hydroxylation sites is 1. The van der Waals surface area contributed by atoms with E-state index >= 15 is 0 Å². The van der Waals surface area contributed by atoms with Gasteiger partial charge in [-0.25, -0.2) is 0 Å². The number of anilines is 1. The van der Waals surface area contributed by atoms with Crippen LogP contribution in [0.25, 0.3) is 0 Å². The molecule has 9 heteroatoms. The fourth-order valence-corrected chi connectivity index (χ4v) is 4.05. The maximum atomic E-state index is 13.5. The lowest BCUT2D eigenvalue weighted by Gasteiger charge is -2.27. The first kappa shape index (κ1) is 27.5. The highest BCUT2D eigenvalue weighted by atomic mass is 32.2. The SMILES string of the molecule is CCN(CC)c1ccc(CN(CCN(C)C)C(=O)c2ccccc2OC)c(OS(=O)(=O)CC)c1. The molecule has 0 saturated carbocycles. The van der Waals surface area contributed by atoms with Gasteiger partial charge in [-0.1, -0.05) is 18.2 Å². The van der Waals surface area contributed by atoms with Crippen molar-refractivity contribution in [2.75, 3.05) is 58.0 Å². The van der Waals surface area contributed by atoms with Crippen LogP contribution in [-0.4, -0.2) is 77.3 Å². The number of carbonyl (C=O) groups is 1. The third kappa shape index (κ3) is 7.36. The molecule has 0 radical (unpaired) electrons. The van der Waals surface area contributed by atoms with E-state index in [-0.39, 0.29) is 24.0 Å². The van der Waals surface area contributed by atoms with Gasteiger partial charge in [0.25, 0.3) is 5.91 Å². The molecule has 0 aliphatic carbocycles. The van der Waals surface area contributed by atoms with Gasteiger partial charge in [0.15, 0.2) is 0 Å². The fourth-order valence-electron chi connectivity index (χ4n) is 3.50. The van der Waals surface area contributed by atoms with Gasteiger partial charge in [0.2, 0.25) is 0 Å². The number of amides is 1. The minimum atomic E-state index is -3.75. The smallest absolute Gasteiger partial charge is 0.308 e. The Balaban J connectivity index is 2.50. The quantitative estimate of drug-likeness (QED) is 0.397. The highest BCUT2D eigenvalue weighted by Crippen LogP contribution is 2.29. The summed E-state index contributed by atoms with van der Waals surface area (Å²) >= 11 is 0. The van der Waals surface area contributed by atoms with Crippen molar-refractivity contribution in [1.82, 2.24) is 9.80 Å². The van der Waals surface area contributed by atoms with E-state index in [1.807, 2.05) is 51.0 Å². The van der Waals surface area contributed by atoms with E-state index < -0.39 is 10.1 Å². The summed E-state index contributed by atoms with van der Waals surface area (Å²) in [7, 11) is 1.66. The zero-order valence-electron chi connectivity index (χ0n) is 21.1. The van der Waals surface area contributed by atoms with Crippen LogP contribution in [0.4, 0.5) is 5.69 Å². The molecule has 34 heavy (non-hydrogen) atoms. The van der Waals surface area contributed by atoms with E-state index in [9.17, 15) is 13.2 Å². The summed E-state index contributed by atoms with van der Waals surface area (Å²) < 4.78 is 35.6. The molecular formula is C25H37N3O5S. The average Bonchev–Trinajstić information content (AvgIpc) is 2.82. The summed E-state index contributed by atoms with van der Waals surface area (Å²) in [6.45, 7) is 8.44. The number of rotatable bonds is 13. The van der Waals surface area contributed by atoms with Gasteiger partial charge in [0, 0.05) is 50.0 Å².